The fourth-order valence-electron chi connectivity index (χ4n) is 3.76. The first kappa shape index (κ1) is 12.9. The summed E-state index contributed by atoms with van der Waals surface area (Å²) in [5.74, 6) is 0.109. The third kappa shape index (κ3) is 2.49. The maximum absolute atomic E-state index is 11.9. The molecule has 2 fully saturated rings. The van der Waals surface area contributed by atoms with Crippen molar-refractivity contribution in [3.63, 3.8) is 0 Å². The first-order valence-electron chi connectivity index (χ1n) is 7.00. The third-order valence-corrected chi connectivity index (χ3v) is 4.64. The number of nitrogens with zero attached hydrogens (tertiary/aromatic N) is 1. The molecule has 0 spiro atoms. The highest BCUT2D eigenvalue weighted by atomic mass is 16.5. The zero-order chi connectivity index (χ0) is 12.4. The molecule has 3 heteroatoms. The number of carbonyl (C=O) groups excluding carboxylic acids is 1. The van der Waals surface area contributed by atoms with Crippen LogP contribution in [0.4, 0.5) is 0 Å². The Kier molecular flexibility index (Phi) is 4.08. The lowest BCUT2D eigenvalue weighted by Gasteiger charge is -2.41. The van der Waals surface area contributed by atoms with Gasteiger partial charge in [0.15, 0.2) is 0 Å². The van der Waals surface area contributed by atoms with Crippen LogP contribution in [0, 0.1) is 5.92 Å². The molecule has 1 saturated heterocycles. The van der Waals surface area contributed by atoms with Crippen molar-refractivity contribution in [3.05, 3.63) is 0 Å². The quantitative estimate of drug-likeness (QED) is 0.694. The number of rotatable bonds is 2. The molecule has 17 heavy (non-hydrogen) atoms. The molecule has 2 aliphatic rings. The van der Waals surface area contributed by atoms with Crippen LogP contribution in [0.25, 0.3) is 0 Å². The van der Waals surface area contributed by atoms with Crippen molar-refractivity contribution in [1.82, 2.24) is 4.90 Å². The molecule has 2 rings (SSSR count). The van der Waals surface area contributed by atoms with E-state index in [4.69, 9.17) is 4.74 Å². The van der Waals surface area contributed by atoms with Gasteiger partial charge in [-0.15, -0.1) is 0 Å². The van der Waals surface area contributed by atoms with Crippen LogP contribution < -0.4 is 0 Å². The lowest BCUT2D eigenvalue weighted by Crippen LogP contribution is -2.49. The molecule has 1 aliphatic carbocycles. The predicted molar refractivity (Wildman–Crippen MR) is 67.8 cm³/mol. The highest BCUT2D eigenvalue weighted by Crippen LogP contribution is 2.36. The molecule has 0 amide bonds. The number of esters is 1. The van der Waals surface area contributed by atoms with Crippen molar-refractivity contribution in [2.45, 2.75) is 70.5 Å². The van der Waals surface area contributed by atoms with Gasteiger partial charge in [-0.1, -0.05) is 12.8 Å². The molecule has 98 valence electrons. The largest absolute Gasteiger partial charge is 0.469 e. The Labute approximate surface area is 105 Å². The highest BCUT2D eigenvalue weighted by Gasteiger charge is 2.41. The number of likely N-dealkylation sites (tertiary alicyclic amines) is 1. The van der Waals surface area contributed by atoms with Gasteiger partial charge in [0.05, 0.1) is 13.0 Å². The van der Waals surface area contributed by atoms with Gasteiger partial charge in [-0.25, -0.2) is 0 Å². The van der Waals surface area contributed by atoms with Gasteiger partial charge in [0.2, 0.25) is 0 Å². The molecule has 1 saturated carbocycles. The van der Waals surface area contributed by atoms with Gasteiger partial charge in [-0.3, -0.25) is 9.69 Å². The summed E-state index contributed by atoms with van der Waals surface area (Å²) in [6.45, 7) is 4.60. The minimum atomic E-state index is 0.000926. The van der Waals surface area contributed by atoms with E-state index in [-0.39, 0.29) is 11.9 Å². The number of methoxy groups -OCH3 is 1. The van der Waals surface area contributed by atoms with Gasteiger partial charge < -0.3 is 4.74 Å². The Morgan fingerprint density at radius 1 is 1.06 bits per heavy atom. The topological polar surface area (TPSA) is 29.5 Å². The van der Waals surface area contributed by atoms with Crippen LogP contribution in [0.3, 0.4) is 0 Å². The molecule has 0 aromatic rings. The molecular weight excluding hydrogens is 214 g/mol. The standard InChI is InChI=1S/C14H25NO2/c1-10-8-9-11(2)15(10)13-7-5-4-6-12(13)14(16)17-3/h10-13H,4-9H2,1-3H3. The van der Waals surface area contributed by atoms with E-state index in [0.717, 1.165) is 12.8 Å². The second-order valence-corrected chi connectivity index (χ2v) is 5.70. The smallest absolute Gasteiger partial charge is 0.310 e. The van der Waals surface area contributed by atoms with Crippen molar-refractivity contribution < 1.29 is 9.53 Å². The maximum atomic E-state index is 11.9. The average Bonchev–Trinajstić information content (AvgIpc) is 2.68. The Morgan fingerprint density at radius 3 is 2.24 bits per heavy atom. The molecule has 3 nitrogen and oxygen atoms in total. The number of ether oxygens (including phenoxy) is 1. The first-order valence-corrected chi connectivity index (χ1v) is 7.00. The number of hydrogen-bond acceptors (Lipinski definition) is 3. The van der Waals surface area contributed by atoms with Crippen molar-refractivity contribution >= 4 is 5.97 Å². The first-order chi connectivity index (χ1) is 8.15. The van der Waals surface area contributed by atoms with Crippen LogP contribution in [-0.4, -0.2) is 36.1 Å². The summed E-state index contributed by atoms with van der Waals surface area (Å²) in [5, 5.41) is 0. The Bertz CT molecular complexity index is 269. The van der Waals surface area contributed by atoms with Gasteiger partial charge in [0.1, 0.15) is 0 Å². The lowest BCUT2D eigenvalue weighted by atomic mass is 9.83. The minimum Gasteiger partial charge on any atom is -0.469 e. The molecule has 0 bridgehead atoms. The van der Waals surface area contributed by atoms with Crippen molar-refractivity contribution in [2.24, 2.45) is 5.92 Å². The van der Waals surface area contributed by atoms with Gasteiger partial charge in [-0.05, 0) is 39.5 Å². The second-order valence-electron chi connectivity index (χ2n) is 5.70. The van der Waals surface area contributed by atoms with E-state index in [1.165, 1.54) is 32.8 Å². The monoisotopic (exact) mass is 239 g/mol. The van der Waals surface area contributed by atoms with E-state index in [2.05, 4.69) is 18.7 Å². The van der Waals surface area contributed by atoms with E-state index in [0.29, 0.717) is 18.1 Å². The van der Waals surface area contributed by atoms with E-state index in [1.807, 2.05) is 0 Å². The molecular formula is C14H25NO2. The summed E-state index contributed by atoms with van der Waals surface area (Å²) < 4.78 is 4.98. The van der Waals surface area contributed by atoms with Crippen LogP contribution in [0.1, 0.15) is 52.4 Å². The Morgan fingerprint density at radius 2 is 1.65 bits per heavy atom. The fourth-order valence-corrected chi connectivity index (χ4v) is 3.76. The van der Waals surface area contributed by atoms with Gasteiger partial charge in [-0.2, -0.15) is 0 Å². The van der Waals surface area contributed by atoms with Gasteiger partial charge in [0, 0.05) is 18.1 Å². The van der Waals surface area contributed by atoms with E-state index in [1.54, 1.807) is 0 Å². The zero-order valence-corrected chi connectivity index (χ0v) is 11.3. The number of hydrogen-bond donors (Lipinski definition) is 0. The summed E-state index contributed by atoms with van der Waals surface area (Å²) >= 11 is 0. The predicted octanol–water partition coefficient (Wildman–Crippen LogP) is 2.59. The van der Waals surface area contributed by atoms with E-state index in [9.17, 15) is 4.79 Å². The van der Waals surface area contributed by atoms with Crippen molar-refractivity contribution in [2.75, 3.05) is 7.11 Å². The molecule has 0 aromatic carbocycles. The fraction of sp³-hybridized carbons (Fsp3) is 0.929. The zero-order valence-electron chi connectivity index (χ0n) is 11.3. The highest BCUT2D eigenvalue weighted by molar-refractivity contribution is 5.73. The van der Waals surface area contributed by atoms with Crippen molar-refractivity contribution in [1.29, 1.82) is 0 Å². The van der Waals surface area contributed by atoms with E-state index < -0.39 is 0 Å². The number of carbonyl (C=O) groups is 1. The SMILES string of the molecule is COC(=O)C1CCCCC1N1C(C)CCC1C. The maximum Gasteiger partial charge on any atom is 0.310 e. The molecule has 0 N–H and O–H groups in total. The normalized spacial score (nSPS) is 39.2. The molecule has 0 aromatic heterocycles. The molecule has 4 unspecified atom stereocenters. The van der Waals surface area contributed by atoms with Crippen molar-refractivity contribution in [3.8, 4) is 0 Å². The summed E-state index contributed by atoms with van der Waals surface area (Å²) in [6.07, 6.45) is 7.14. The van der Waals surface area contributed by atoms with Crippen LogP contribution >= 0.6 is 0 Å². The Balaban J connectivity index is 2.12. The molecule has 0 radical (unpaired) electrons. The summed E-state index contributed by atoms with van der Waals surface area (Å²) in [4.78, 5) is 14.5. The van der Waals surface area contributed by atoms with Crippen LogP contribution in [0.2, 0.25) is 0 Å². The molecule has 1 aliphatic heterocycles. The average molecular weight is 239 g/mol. The van der Waals surface area contributed by atoms with Gasteiger partial charge in [0.25, 0.3) is 0 Å². The van der Waals surface area contributed by atoms with Crippen LogP contribution in [0.5, 0.6) is 0 Å². The summed E-state index contributed by atoms with van der Waals surface area (Å²) in [5.41, 5.74) is 0. The summed E-state index contributed by atoms with van der Waals surface area (Å²) in [6, 6.07) is 1.67. The third-order valence-electron chi connectivity index (χ3n) is 4.64. The van der Waals surface area contributed by atoms with E-state index >= 15 is 0 Å². The van der Waals surface area contributed by atoms with Gasteiger partial charge >= 0.3 is 5.97 Å². The van der Waals surface area contributed by atoms with Crippen LogP contribution in [-0.2, 0) is 9.53 Å². The van der Waals surface area contributed by atoms with Crippen LogP contribution in [0.15, 0.2) is 0 Å². The lowest BCUT2D eigenvalue weighted by molar-refractivity contribution is -0.150. The Hall–Kier alpha value is -0.570. The molecule has 1 heterocycles. The summed E-state index contributed by atoms with van der Waals surface area (Å²) in [7, 11) is 1.52. The molecule has 4 atom stereocenters. The minimum absolute atomic E-state index is 0.000926. The second kappa shape index (κ2) is 5.38.